The van der Waals surface area contributed by atoms with Gasteiger partial charge in [-0.2, -0.15) is 5.26 Å². The molecule has 0 saturated heterocycles. The molecule has 4 heteroatoms. The zero-order valence-electron chi connectivity index (χ0n) is 11.9. The zero-order chi connectivity index (χ0) is 14.6. The molecule has 0 aliphatic heterocycles. The summed E-state index contributed by atoms with van der Waals surface area (Å²) in [5, 5.41) is 19.4. The topological polar surface area (TPSA) is 70.3 Å². The van der Waals surface area contributed by atoms with E-state index in [9.17, 15) is 15.2 Å². The molecule has 108 valence electrons. The van der Waals surface area contributed by atoms with E-state index in [1.54, 1.807) is 6.92 Å². The van der Waals surface area contributed by atoms with E-state index in [0.717, 1.165) is 25.7 Å². The summed E-state index contributed by atoms with van der Waals surface area (Å²) in [6, 6.07) is 2.47. The third-order valence-corrected chi connectivity index (χ3v) is 5.36. The highest BCUT2D eigenvalue weighted by Gasteiger charge is 2.65. The Labute approximate surface area is 119 Å². The predicted octanol–water partition coefficient (Wildman–Crippen LogP) is 2.33. The zero-order valence-corrected chi connectivity index (χ0v) is 11.9. The summed E-state index contributed by atoms with van der Waals surface area (Å²) >= 11 is 0. The van der Waals surface area contributed by atoms with Crippen molar-refractivity contribution in [3.8, 4) is 6.07 Å². The van der Waals surface area contributed by atoms with Gasteiger partial charge in [-0.15, -0.1) is 0 Å². The van der Waals surface area contributed by atoms with Crippen LogP contribution in [0.4, 0.5) is 0 Å². The normalized spacial score (nSPS) is 45.0. The van der Waals surface area contributed by atoms with Crippen LogP contribution in [0.15, 0.2) is 12.2 Å². The highest BCUT2D eigenvalue weighted by molar-refractivity contribution is 5.87. The van der Waals surface area contributed by atoms with Crippen molar-refractivity contribution in [2.45, 2.75) is 51.0 Å². The van der Waals surface area contributed by atoms with Crippen LogP contribution >= 0.6 is 0 Å². The lowest BCUT2D eigenvalue weighted by Gasteiger charge is -2.63. The second-order valence-electron chi connectivity index (χ2n) is 7.41. The van der Waals surface area contributed by atoms with E-state index < -0.39 is 11.0 Å². The number of ether oxygens (including phenoxy) is 1. The average molecular weight is 275 g/mol. The van der Waals surface area contributed by atoms with Gasteiger partial charge in [-0.05, 0) is 50.4 Å². The number of rotatable bonds is 3. The summed E-state index contributed by atoms with van der Waals surface area (Å²) in [4.78, 5) is 11.9. The molecule has 0 aromatic rings. The van der Waals surface area contributed by atoms with Gasteiger partial charge in [0.25, 0.3) is 0 Å². The lowest BCUT2D eigenvalue weighted by Crippen LogP contribution is -2.62. The monoisotopic (exact) mass is 275 g/mol. The van der Waals surface area contributed by atoms with Crippen LogP contribution in [0.3, 0.4) is 0 Å². The Morgan fingerprint density at radius 3 is 2.75 bits per heavy atom. The average Bonchev–Trinajstić information content (AvgIpc) is 2.36. The summed E-state index contributed by atoms with van der Waals surface area (Å²) in [5.74, 6) is 0.0177. The number of hydrogen-bond donors (Lipinski definition) is 1. The summed E-state index contributed by atoms with van der Waals surface area (Å²) in [7, 11) is 0. The number of aliphatic hydroxyl groups excluding tert-OH is 1. The molecule has 0 radical (unpaired) electrons. The lowest BCUT2D eigenvalue weighted by molar-refractivity contribution is -0.215. The first-order chi connectivity index (χ1) is 9.36. The predicted molar refractivity (Wildman–Crippen MR) is 72.4 cm³/mol. The van der Waals surface area contributed by atoms with Gasteiger partial charge in [-0.1, -0.05) is 6.58 Å². The molecule has 0 aromatic heterocycles. The van der Waals surface area contributed by atoms with Gasteiger partial charge in [0, 0.05) is 18.6 Å². The molecule has 4 atom stereocenters. The van der Waals surface area contributed by atoms with Gasteiger partial charge in [0.1, 0.15) is 5.60 Å². The number of nitrogens with zero attached hydrogens (tertiary/aromatic N) is 1. The largest absolute Gasteiger partial charge is 0.456 e. The molecule has 4 aliphatic rings. The molecule has 4 bridgehead atoms. The highest BCUT2D eigenvalue weighted by atomic mass is 16.6. The minimum absolute atomic E-state index is 0.0826. The highest BCUT2D eigenvalue weighted by Crippen LogP contribution is 2.67. The van der Waals surface area contributed by atoms with E-state index in [-0.39, 0.29) is 18.0 Å². The summed E-state index contributed by atoms with van der Waals surface area (Å²) < 4.78 is 5.77. The van der Waals surface area contributed by atoms with E-state index >= 15 is 0 Å². The van der Waals surface area contributed by atoms with Gasteiger partial charge in [0.05, 0.1) is 11.5 Å². The molecule has 4 rings (SSSR count). The molecule has 4 saturated carbocycles. The standard InChI is InChI=1S/C16H21NO3/c1-11(2)13(19)20-16-5-12-3-14(7-16,9-17)6-15(4-12,8-16)10-18/h12,18H,1,3-8,10H2,2H3. The lowest BCUT2D eigenvalue weighted by atomic mass is 9.43. The van der Waals surface area contributed by atoms with Crippen LogP contribution in [0.5, 0.6) is 0 Å². The van der Waals surface area contributed by atoms with Crippen molar-refractivity contribution >= 4 is 5.97 Å². The third kappa shape index (κ3) is 1.88. The molecule has 4 fully saturated rings. The first-order valence-corrected chi connectivity index (χ1v) is 7.27. The Bertz CT molecular complexity index is 522. The van der Waals surface area contributed by atoms with Crippen molar-refractivity contribution in [3.05, 3.63) is 12.2 Å². The van der Waals surface area contributed by atoms with Gasteiger partial charge in [-0.3, -0.25) is 0 Å². The first-order valence-electron chi connectivity index (χ1n) is 7.27. The summed E-state index contributed by atoms with van der Waals surface area (Å²) in [5.41, 5.74) is -0.819. The Hall–Kier alpha value is -1.34. The third-order valence-electron chi connectivity index (χ3n) is 5.36. The number of esters is 1. The fraction of sp³-hybridized carbons (Fsp3) is 0.750. The molecule has 1 N–H and O–H groups in total. The molecular formula is C16H21NO3. The quantitative estimate of drug-likeness (QED) is 0.634. The molecule has 0 spiro atoms. The Morgan fingerprint density at radius 2 is 2.15 bits per heavy atom. The van der Waals surface area contributed by atoms with E-state index in [1.165, 1.54) is 0 Å². The first kappa shape index (κ1) is 13.6. The minimum atomic E-state index is -0.562. The number of carbonyl (C=O) groups excluding carboxylic acids is 1. The van der Waals surface area contributed by atoms with E-state index in [1.807, 2.05) is 0 Å². The van der Waals surface area contributed by atoms with Crippen LogP contribution in [0.25, 0.3) is 0 Å². The van der Waals surface area contributed by atoms with Crippen LogP contribution < -0.4 is 0 Å². The van der Waals surface area contributed by atoms with Crippen molar-refractivity contribution in [2.75, 3.05) is 6.61 Å². The maximum atomic E-state index is 11.9. The van der Waals surface area contributed by atoms with Crippen molar-refractivity contribution in [2.24, 2.45) is 16.7 Å². The van der Waals surface area contributed by atoms with Crippen molar-refractivity contribution in [3.63, 3.8) is 0 Å². The number of hydrogen-bond acceptors (Lipinski definition) is 4. The minimum Gasteiger partial charge on any atom is -0.456 e. The Kier molecular flexibility index (Phi) is 2.78. The fourth-order valence-corrected chi connectivity index (χ4v) is 5.24. The molecule has 0 heterocycles. The maximum absolute atomic E-state index is 11.9. The Balaban J connectivity index is 1.95. The fourth-order valence-electron chi connectivity index (χ4n) is 5.24. The smallest absolute Gasteiger partial charge is 0.333 e. The van der Waals surface area contributed by atoms with Crippen molar-refractivity contribution < 1.29 is 14.6 Å². The van der Waals surface area contributed by atoms with Crippen molar-refractivity contribution in [1.82, 2.24) is 0 Å². The SMILES string of the molecule is C=C(C)C(=O)OC12CC3CC(C#N)(CC(CO)(C3)C1)C2. The van der Waals surface area contributed by atoms with E-state index in [2.05, 4.69) is 12.6 Å². The van der Waals surface area contributed by atoms with Gasteiger partial charge < -0.3 is 9.84 Å². The molecule has 4 nitrogen and oxygen atoms in total. The van der Waals surface area contributed by atoms with Gasteiger partial charge in [-0.25, -0.2) is 4.79 Å². The van der Waals surface area contributed by atoms with Crippen LogP contribution in [-0.2, 0) is 9.53 Å². The molecule has 0 amide bonds. The summed E-state index contributed by atoms with van der Waals surface area (Å²) in [6.07, 6.45) is 4.73. The molecule has 0 aromatic carbocycles. The summed E-state index contributed by atoms with van der Waals surface area (Å²) in [6.45, 7) is 5.37. The van der Waals surface area contributed by atoms with Gasteiger partial charge in [0.15, 0.2) is 0 Å². The van der Waals surface area contributed by atoms with Crippen molar-refractivity contribution in [1.29, 1.82) is 5.26 Å². The van der Waals surface area contributed by atoms with Gasteiger partial charge in [0.2, 0.25) is 0 Å². The molecule has 4 aliphatic carbocycles. The maximum Gasteiger partial charge on any atom is 0.333 e. The second-order valence-corrected chi connectivity index (χ2v) is 7.41. The molecule has 4 unspecified atom stereocenters. The number of nitriles is 1. The number of aliphatic hydroxyl groups is 1. The van der Waals surface area contributed by atoms with Crippen LogP contribution in [0.2, 0.25) is 0 Å². The van der Waals surface area contributed by atoms with Crippen LogP contribution in [0, 0.1) is 28.1 Å². The second kappa shape index (κ2) is 4.08. The molecule has 20 heavy (non-hydrogen) atoms. The van der Waals surface area contributed by atoms with Crippen LogP contribution in [0.1, 0.15) is 45.4 Å². The van der Waals surface area contributed by atoms with E-state index in [0.29, 0.717) is 24.3 Å². The Morgan fingerprint density at radius 1 is 1.40 bits per heavy atom. The van der Waals surface area contributed by atoms with E-state index in [4.69, 9.17) is 4.74 Å². The van der Waals surface area contributed by atoms with Crippen LogP contribution in [-0.4, -0.2) is 23.3 Å². The van der Waals surface area contributed by atoms with Gasteiger partial charge >= 0.3 is 5.97 Å². The number of carbonyl (C=O) groups is 1. The molecular weight excluding hydrogens is 254 g/mol.